The van der Waals surface area contributed by atoms with E-state index in [0.717, 1.165) is 11.3 Å². The molecule has 0 saturated carbocycles. The van der Waals surface area contributed by atoms with Gasteiger partial charge in [0.25, 0.3) is 5.91 Å². The highest BCUT2D eigenvalue weighted by Gasteiger charge is 2.19. The van der Waals surface area contributed by atoms with Gasteiger partial charge in [-0.1, -0.05) is 30.3 Å². The van der Waals surface area contributed by atoms with Crippen molar-refractivity contribution < 1.29 is 14.0 Å². The van der Waals surface area contributed by atoms with Crippen molar-refractivity contribution in [2.45, 2.75) is 13.5 Å². The van der Waals surface area contributed by atoms with Gasteiger partial charge in [-0.3, -0.25) is 14.3 Å². The van der Waals surface area contributed by atoms with Gasteiger partial charge in [0.15, 0.2) is 34.5 Å². The van der Waals surface area contributed by atoms with Crippen molar-refractivity contribution in [2.75, 3.05) is 5.32 Å². The Labute approximate surface area is 163 Å². The molecule has 0 bridgehead atoms. The van der Waals surface area contributed by atoms with E-state index >= 15 is 0 Å². The summed E-state index contributed by atoms with van der Waals surface area (Å²) in [7, 11) is 0. The van der Waals surface area contributed by atoms with Crippen LogP contribution in [0, 0.1) is 0 Å². The third kappa shape index (κ3) is 3.74. The highest BCUT2D eigenvalue weighted by molar-refractivity contribution is 7.11. The molecule has 1 N–H and O–H groups in total. The minimum atomic E-state index is -0.412. The van der Waals surface area contributed by atoms with Crippen molar-refractivity contribution in [3.05, 3.63) is 70.8 Å². The van der Waals surface area contributed by atoms with E-state index in [1.807, 2.05) is 35.7 Å². The lowest BCUT2D eigenvalue weighted by atomic mass is 10.1. The van der Waals surface area contributed by atoms with Crippen LogP contribution < -0.4 is 5.32 Å². The normalized spacial score (nSPS) is 10.8. The Morgan fingerprint density at radius 3 is 2.79 bits per heavy atom. The lowest BCUT2D eigenvalue weighted by Crippen LogP contribution is -2.14. The van der Waals surface area contributed by atoms with E-state index in [1.54, 1.807) is 16.9 Å². The molecular weight excluding hydrogens is 378 g/mol. The molecule has 8 nitrogen and oxygen atoms in total. The summed E-state index contributed by atoms with van der Waals surface area (Å²) in [4.78, 5) is 32.2. The molecule has 140 valence electrons. The maximum absolute atomic E-state index is 12.6. The Balaban J connectivity index is 1.46. The van der Waals surface area contributed by atoms with Crippen LogP contribution in [0.4, 0.5) is 5.82 Å². The molecule has 0 unspecified atom stereocenters. The molecule has 0 aliphatic rings. The number of thiazole rings is 1. The number of nitrogens with zero attached hydrogens (tertiary/aromatic N) is 4. The van der Waals surface area contributed by atoms with Gasteiger partial charge >= 0.3 is 0 Å². The average Bonchev–Trinajstić information content (AvgIpc) is 3.43. The van der Waals surface area contributed by atoms with Gasteiger partial charge in [0.05, 0.1) is 12.2 Å². The summed E-state index contributed by atoms with van der Waals surface area (Å²) >= 11 is 1.30. The topological polar surface area (TPSA) is 103 Å². The zero-order valence-corrected chi connectivity index (χ0v) is 15.6. The van der Waals surface area contributed by atoms with Crippen LogP contribution >= 0.6 is 11.3 Å². The van der Waals surface area contributed by atoms with E-state index in [1.165, 1.54) is 24.7 Å². The zero-order valence-electron chi connectivity index (χ0n) is 14.8. The number of rotatable bonds is 6. The number of carbonyl (C=O) groups is 2. The fourth-order valence-corrected chi connectivity index (χ4v) is 3.31. The summed E-state index contributed by atoms with van der Waals surface area (Å²) in [5, 5.41) is 9.32. The molecule has 1 aromatic carbocycles. The van der Waals surface area contributed by atoms with Crippen molar-refractivity contribution in [1.82, 2.24) is 19.7 Å². The van der Waals surface area contributed by atoms with Gasteiger partial charge in [0.1, 0.15) is 0 Å². The number of anilines is 1. The maximum Gasteiger partial charge on any atom is 0.279 e. The van der Waals surface area contributed by atoms with Gasteiger partial charge in [0, 0.05) is 30.1 Å². The van der Waals surface area contributed by atoms with Gasteiger partial charge < -0.3 is 9.73 Å². The average molecular weight is 393 g/mol. The molecule has 1 amide bonds. The fraction of sp³-hybridized carbons (Fsp3) is 0.105. The molecule has 28 heavy (non-hydrogen) atoms. The zero-order chi connectivity index (χ0) is 19.5. The molecule has 0 radical (unpaired) electrons. The smallest absolute Gasteiger partial charge is 0.279 e. The summed E-state index contributed by atoms with van der Waals surface area (Å²) in [5.41, 5.74) is 1.69. The number of ketones is 1. The predicted octanol–water partition coefficient (Wildman–Crippen LogP) is 3.50. The van der Waals surface area contributed by atoms with E-state index in [4.69, 9.17) is 4.42 Å². The lowest BCUT2D eigenvalue weighted by Gasteiger charge is -2.02. The molecule has 3 heterocycles. The maximum atomic E-state index is 12.6. The first-order chi connectivity index (χ1) is 13.6. The minimum Gasteiger partial charge on any atom is -0.443 e. The molecule has 4 rings (SSSR count). The van der Waals surface area contributed by atoms with E-state index in [0.29, 0.717) is 23.1 Å². The fourth-order valence-electron chi connectivity index (χ4n) is 2.60. The SMILES string of the molecule is CC(=O)c1nc(Cn2ccc(NC(=O)c3ncoc3-c3ccccc3)n2)cs1. The second kappa shape index (κ2) is 7.57. The molecule has 0 spiro atoms. The van der Waals surface area contributed by atoms with Gasteiger partial charge in [-0.2, -0.15) is 5.10 Å². The van der Waals surface area contributed by atoms with Crippen molar-refractivity contribution in [1.29, 1.82) is 0 Å². The second-order valence-electron chi connectivity index (χ2n) is 5.95. The van der Waals surface area contributed by atoms with Crippen LogP contribution in [0.1, 0.15) is 32.9 Å². The van der Waals surface area contributed by atoms with Crippen LogP contribution in [0.3, 0.4) is 0 Å². The first-order valence-electron chi connectivity index (χ1n) is 8.39. The third-order valence-electron chi connectivity index (χ3n) is 3.88. The van der Waals surface area contributed by atoms with E-state index < -0.39 is 5.91 Å². The van der Waals surface area contributed by atoms with Crippen LogP contribution in [0.5, 0.6) is 0 Å². The summed E-state index contributed by atoms with van der Waals surface area (Å²) in [6.07, 6.45) is 2.97. The summed E-state index contributed by atoms with van der Waals surface area (Å²) in [6, 6.07) is 11.0. The highest BCUT2D eigenvalue weighted by atomic mass is 32.1. The van der Waals surface area contributed by atoms with Crippen LogP contribution in [-0.2, 0) is 6.54 Å². The second-order valence-corrected chi connectivity index (χ2v) is 6.81. The molecule has 0 aliphatic heterocycles. The van der Waals surface area contributed by atoms with E-state index in [2.05, 4.69) is 20.4 Å². The molecular formula is C19H15N5O3S. The number of oxazole rings is 1. The van der Waals surface area contributed by atoms with Crippen molar-refractivity contribution in [3.8, 4) is 11.3 Å². The number of amides is 1. The third-order valence-corrected chi connectivity index (χ3v) is 4.87. The Hall–Kier alpha value is -3.59. The van der Waals surface area contributed by atoms with E-state index in [-0.39, 0.29) is 11.5 Å². The molecule has 0 aliphatic carbocycles. The van der Waals surface area contributed by atoms with Crippen LogP contribution in [0.2, 0.25) is 0 Å². The van der Waals surface area contributed by atoms with Crippen LogP contribution in [0.15, 0.2) is 58.8 Å². The van der Waals surface area contributed by atoms with Gasteiger partial charge in [0.2, 0.25) is 0 Å². The molecule has 0 fully saturated rings. The van der Waals surface area contributed by atoms with E-state index in [9.17, 15) is 9.59 Å². The summed E-state index contributed by atoms with van der Waals surface area (Å²) in [6.45, 7) is 1.89. The van der Waals surface area contributed by atoms with Gasteiger partial charge in [-0.05, 0) is 0 Å². The number of nitrogens with one attached hydrogen (secondary N) is 1. The highest BCUT2D eigenvalue weighted by Crippen LogP contribution is 2.23. The lowest BCUT2D eigenvalue weighted by molar-refractivity contribution is 0.101. The predicted molar refractivity (Wildman–Crippen MR) is 103 cm³/mol. The van der Waals surface area contributed by atoms with Crippen LogP contribution in [0.25, 0.3) is 11.3 Å². The molecule has 0 atom stereocenters. The molecule has 9 heteroatoms. The Morgan fingerprint density at radius 1 is 1.21 bits per heavy atom. The Bertz CT molecular complexity index is 1130. The first-order valence-corrected chi connectivity index (χ1v) is 9.27. The quantitative estimate of drug-likeness (QED) is 0.503. The van der Waals surface area contributed by atoms with Crippen molar-refractivity contribution >= 4 is 28.8 Å². The van der Waals surface area contributed by atoms with Gasteiger partial charge in [-0.15, -0.1) is 11.3 Å². The number of carbonyl (C=O) groups excluding carboxylic acids is 2. The van der Waals surface area contributed by atoms with Crippen LogP contribution in [-0.4, -0.2) is 31.4 Å². The number of Topliss-reactive ketones (excluding diaryl/α,β-unsaturated/α-hetero) is 1. The summed E-state index contributed by atoms with van der Waals surface area (Å²) < 4.78 is 7.02. The molecule has 0 saturated heterocycles. The number of aromatic nitrogens is 4. The minimum absolute atomic E-state index is 0.0634. The molecule has 3 aromatic heterocycles. The number of hydrogen-bond donors (Lipinski definition) is 1. The number of benzene rings is 1. The van der Waals surface area contributed by atoms with Gasteiger partial charge in [-0.25, -0.2) is 9.97 Å². The Kier molecular flexibility index (Phi) is 4.81. The molecule has 4 aromatic rings. The Morgan fingerprint density at radius 2 is 2.04 bits per heavy atom. The standard InChI is InChI=1S/C19H15N5O3S/c1-12(25)19-21-14(10-28-19)9-24-8-7-15(23-24)22-18(26)16-17(27-11-20-16)13-5-3-2-4-6-13/h2-8,10-11H,9H2,1H3,(H,22,23,26). The number of hydrogen-bond acceptors (Lipinski definition) is 7. The largest absolute Gasteiger partial charge is 0.443 e. The van der Waals surface area contributed by atoms with Crippen molar-refractivity contribution in [2.24, 2.45) is 0 Å². The summed E-state index contributed by atoms with van der Waals surface area (Å²) in [5.74, 6) is 0.308. The van der Waals surface area contributed by atoms with Crippen molar-refractivity contribution in [3.63, 3.8) is 0 Å². The monoisotopic (exact) mass is 393 g/mol. The first kappa shape index (κ1) is 17.8.